The number of hydrogen-bond acceptors (Lipinski definition) is 6. The minimum absolute atomic E-state index is 0.150. The molecule has 0 atom stereocenters. The molecule has 108 valence electrons. The lowest BCUT2D eigenvalue weighted by atomic mass is 10.1. The van der Waals surface area contributed by atoms with E-state index in [0.717, 1.165) is 21.3 Å². The zero-order chi connectivity index (χ0) is 15.7. The van der Waals surface area contributed by atoms with Crippen LogP contribution in [0.3, 0.4) is 0 Å². The summed E-state index contributed by atoms with van der Waals surface area (Å²) in [6.45, 7) is 1.45. The lowest BCUT2D eigenvalue weighted by Crippen LogP contribution is -2.04. The fraction of sp³-hybridized carbons (Fsp3) is 0.0667. The molecular weight excluding hydrogens is 298 g/mol. The molecular formula is C15H11N5OS. The molecule has 0 saturated carbocycles. The van der Waals surface area contributed by atoms with Crippen LogP contribution in [0.2, 0.25) is 0 Å². The number of rotatable bonds is 2. The quantitative estimate of drug-likeness (QED) is 0.757. The van der Waals surface area contributed by atoms with Gasteiger partial charge in [-0.15, -0.1) is 0 Å². The molecule has 3 rings (SSSR count). The van der Waals surface area contributed by atoms with Gasteiger partial charge in [-0.2, -0.15) is 5.26 Å². The number of amides is 1. The molecule has 0 bridgehead atoms. The van der Waals surface area contributed by atoms with E-state index in [9.17, 15) is 4.79 Å². The van der Waals surface area contributed by atoms with Crippen molar-refractivity contribution in [1.29, 1.82) is 5.26 Å². The van der Waals surface area contributed by atoms with E-state index < -0.39 is 0 Å². The Morgan fingerprint density at radius 2 is 2.18 bits per heavy atom. The number of carbonyl (C=O) groups excluding carboxylic acids is 1. The first-order chi connectivity index (χ1) is 10.6. The molecule has 3 N–H and O–H groups in total. The molecule has 0 aliphatic carbocycles. The number of nitriles is 1. The van der Waals surface area contributed by atoms with Crippen molar-refractivity contribution in [2.45, 2.75) is 6.92 Å². The lowest BCUT2D eigenvalue weighted by molar-refractivity contribution is -0.114. The molecule has 0 fully saturated rings. The van der Waals surface area contributed by atoms with Crippen molar-refractivity contribution in [3.05, 3.63) is 36.2 Å². The van der Waals surface area contributed by atoms with Gasteiger partial charge in [0, 0.05) is 18.7 Å². The normalized spacial score (nSPS) is 10.4. The van der Waals surface area contributed by atoms with Gasteiger partial charge in [0.15, 0.2) is 10.8 Å². The van der Waals surface area contributed by atoms with Crippen LogP contribution in [0.15, 0.2) is 30.5 Å². The number of anilines is 2. The molecule has 2 heterocycles. The Balaban J connectivity index is 2.03. The second kappa shape index (κ2) is 5.42. The molecule has 0 spiro atoms. The predicted molar refractivity (Wildman–Crippen MR) is 86.3 cm³/mol. The van der Waals surface area contributed by atoms with Crippen LogP contribution in [-0.4, -0.2) is 15.9 Å². The van der Waals surface area contributed by atoms with Gasteiger partial charge in [-0.25, -0.2) is 9.97 Å². The second-order valence-corrected chi connectivity index (χ2v) is 5.69. The number of nitrogens with zero attached hydrogens (tertiary/aromatic N) is 3. The van der Waals surface area contributed by atoms with E-state index in [-0.39, 0.29) is 11.6 Å². The van der Waals surface area contributed by atoms with Gasteiger partial charge in [0.2, 0.25) is 5.91 Å². The number of nitrogens with two attached hydrogens (primary N) is 1. The van der Waals surface area contributed by atoms with E-state index in [2.05, 4.69) is 15.3 Å². The van der Waals surface area contributed by atoms with Crippen molar-refractivity contribution >= 4 is 38.3 Å². The fourth-order valence-corrected chi connectivity index (χ4v) is 2.99. The highest BCUT2D eigenvalue weighted by Gasteiger charge is 2.08. The lowest BCUT2D eigenvalue weighted by Gasteiger charge is -2.03. The van der Waals surface area contributed by atoms with E-state index in [4.69, 9.17) is 11.0 Å². The number of fused-ring (bicyclic) bond motifs is 1. The van der Waals surface area contributed by atoms with E-state index in [1.165, 1.54) is 18.3 Å². The van der Waals surface area contributed by atoms with Gasteiger partial charge < -0.3 is 11.1 Å². The zero-order valence-electron chi connectivity index (χ0n) is 11.6. The third-order valence-electron chi connectivity index (χ3n) is 3.03. The van der Waals surface area contributed by atoms with Crippen LogP contribution in [0.1, 0.15) is 12.6 Å². The van der Waals surface area contributed by atoms with E-state index >= 15 is 0 Å². The van der Waals surface area contributed by atoms with Gasteiger partial charge in [0.1, 0.15) is 6.07 Å². The molecule has 0 aliphatic rings. The van der Waals surface area contributed by atoms with Crippen LogP contribution in [0, 0.1) is 11.3 Å². The molecule has 0 aliphatic heterocycles. The van der Waals surface area contributed by atoms with Crippen LogP contribution in [0.5, 0.6) is 0 Å². The Kier molecular flexibility index (Phi) is 3.45. The molecule has 7 heteroatoms. The monoisotopic (exact) mass is 309 g/mol. The molecule has 0 saturated heterocycles. The van der Waals surface area contributed by atoms with Gasteiger partial charge in [-0.3, -0.25) is 4.79 Å². The minimum Gasteiger partial charge on any atom is -0.396 e. The molecule has 1 amide bonds. The smallest absolute Gasteiger partial charge is 0.223 e. The number of aromatic nitrogens is 2. The highest BCUT2D eigenvalue weighted by molar-refractivity contribution is 7.22. The third-order valence-corrected chi connectivity index (χ3v) is 3.96. The summed E-state index contributed by atoms with van der Waals surface area (Å²) >= 11 is 1.40. The maximum atomic E-state index is 11.1. The topological polar surface area (TPSA) is 105 Å². The molecule has 2 aromatic heterocycles. The molecule has 22 heavy (non-hydrogen) atoms. The van der Waals surface area contributed by atoms with Gasteiger partial charge in [-0.1, -0.05) is 17.4 Å². The van der Waals surface area contributed by atoms with Crippen molar-refractivity contribution in [2.75, 3.05) is 11.1 Å². The predicted octanol–water partition coefficient (Wildman–Crippen LogP) is 2.77. The third kappa shape index (κ3) is 2.60. The number of nitrogens with one attached hydrogen (secondary N) is 1. The summed E-state index contributed by atoms with van der Waals surface area (Å²) in [4.78, 5) is 19.5. The summed E-state index contributed by atoms with van der Waals surface area (Å²) in [5, 5.41) is 12.1. The molecule has 1 aromatic carbocycles. The number of hydrogen-bond donors (Lipinski definition) is 2. The van der Waals surface area contributed by atoms with Gasteiger partial charge >= 0.3 is 0 Å². The molecule has 0 radical (unpaired) electrons. The molecule has 3 aromatic rings. The van der Waals surface area contributed by atoms with Crippen LogP contribution in [-0.2, 0) is 4.79 Å². The summed E-state index contributed by atoms with van der Waals surface area (Å²) in [5.41, 5.74) is 8.93. The average Bonchev–Trinajstić information content (AvgIpc) is 2.87. The minimum atomic E-state index is -0.150. The van der Waals surface area contributed by atoms with Crippen LogP contribution >= 0.6 is 11.3 Å². The fourth-order valence-electron chi connectivity index (χ4n) is 2.04. The number of thiazole rings is 1. The van der Waals surface area contributed by atoms with Gasteiger partial charge in [-0.05, 0) is 23.8 Å². The summed E-state index contributed by atoms with van der Waals surface area (Å²) < 4.78 is 0.948. The van der Waals surface area contributed by atoms with Crippen molar-refractivity contribution < 1.29 is 4.79 Å². The Bertz CT molecular complexity index is 925. The molecule has 6 nitrogen and oxygen atoms in total. The van der Waals surface area contributed by atoms with Crippen LogP contribution in [0.4, 0.5) is 10.8 Å². The van der Waals surface area contributed by atoms with E-state index in [1.54, 1.807) is 12.3 Å². The van der Waals surface area contributed by atoms with Crippen LogP contribution in [0.25, 0.3) is 21.3 Å². The Morgan fingerprint density at radius 3 is 2.86 bits per heavy atom. The first-order valence-corrected chi connectivity index (χ1v) is 7.22. The maximum absolute atomic E-state index is 11.1. The largest absolute Gasteiger partial charge is 0.396 e. The summed E-state index contributed by atoms with van der Waals surface area (Å²) in [6, 6.07) is 9.41. The highest BCUT2D eigenvalue weighted by atomic mass is 32.1. The summed E-state index contributed by atoms with van der Waals surface area (Å²) in [6.07, 6.45) is 1.62. The summed E-state index contributed by atoms with van der Waals surface area (Å²) in [5.74, 6) is -0.150. The Labute approximate surface area is 130 Å². The first-order valence-electron chi connectivity index (χ1n) is 6.41. The van der Waals surface area contributed by atoms with E-state index in [0.29, 0.717) is 10.8 Å². The number of carbonyl (C=O) groups is 1. The zero-order valence-corrected chi connectivity index (χ0v) is 12.4. The van der Waals surface area contributed by atoms with Crippen molar-refractivity contribution in [3.8, 4) is 17.2 Å². The summed E-state index contributed by atoms with van der Waals surface area (Å²) in [7, 11) is 0. The van der Waals surface area contributed by atoms with Crippen molar-refractivity contribution in [3.63, 3.8) is 0 Å². The number of nitrogen functional groups attached to an aromatic ring is 1. The average molecular weight is 309 g/mol. The maximum Gasteiger partial charge on any atom is 0.223 e. The highest BCUT2D eigenvalue weighted by Crippen LogP contribution is 2.31. The van der Waals surface area contributed by atoms with Gasteiger partial charge in [0.05, 0.1) is 15.9 Å². The number of benzene rings is 1. The Morgan fingerprint density at radius 1 is 1.36 bits per heavy atom. The number of pyridine rings is 1. The van der Waals surface area contributed by atoms with Crippen molar-refractivity contribution in [1.82, 2.24) is 9.97 Å². The van der Waals surface area contributed by atoms with E-state index in [1.807, 2.05) is 24.3 Å². The Hall–Kier alpha value is -2.98. The molecule has 0 unspecified atom stereocenters. The first kappa shape index (κ1) is 14.0. The van der Waals surface area contributed by atoms with Crippen molar-refractivity contribution in [2.24, 2.45) is 0 Å². The standard InChI is InChI=1S/C15H11N5OS/c1-8(21)19-15-20-12-3-2-9(5-14(12)22-15)10-4-11(17)13(6-16)18-7-10/h2-5,7H,17H2,1H3,(H,19,20,21). The SMILES string of the molecule is CC(=O)Nc1nc2ccc(-c3cnc(C#N)c(N)c3)cc2s1. The van der Waals surface area contributed by atoms with Gasteiger partial charge in [0.25, 0.3) is 0 Å². The second-order valence-electron chi connectivity index (χ2n) is 4.66. The van der Waals surface area contributed by atoms with Crippen LogP contribution < -0.4 is 11.1 Å².